The van der Waals surface area contributed by atoms with E-state index in [0.717, 1.165) is 10.3 Å². The molecule has 0 aliphatic rings. The monoisotopic (exact) mass is 257 g/mol. The molecule has 0 aliphatic carbocycles. The lowest BCUT2D eigenvalue weighted by molar-refractivity contribution is 0.846. The van der Waals surface area contributed by atoms with Crippen molar-refractivity contribution in [3.05, 3.63) is 40.2 Å². The summed E-state index contributed by atoms with van der Waals surface area (Å²) < 4.78 is 2.56. The van der Waals surface area contributed by atoms with E-state index in [1.54, 1.807) is 23.3 Å². The first-order valence-corrected chi connectivity index (χ1v) is 4.75. The van der Waals surface area contributed by atoms with Crippen LogP contribution in [0.3, 0.4) is 0 Å². The number of halogens is 2. The zero-order chi connectivity index (χ0) is 9.26. The van der Waals surface area contributed by atoms with E-state index in [-0.39, 0.29) is 0 Å². The fourth-order valence-corrected chi connectivity index (χ4v) is 1.30. The molecule has 2 rings (SSSR count). The van der Waals surface area contributed by atoms with Crippen LogP contribution in [0.15, 0.2) is 35.2 Å². The predicted octanol–water partition coefficient (Wildman–Crippen LogP) is 2.68. The summed E-state index contributed by atoms with van der Waals surface area (Å²) >= 11 is 9.03. The predicted molar refractivity (Wildman–Crippen MR) is 54.1 cm³/mol. The summed E-state index contributed by atoms with van der Waals surface area (Å²) in [5.74, 6) is 0.745. The zero-order valence-corrected chi connectivity index (χ0v) is 8.83. The Balaban J connectivity index is 2.41. The van der Waals surface area contributed by atoms with Crippen molar-refractivity contribution in [1.29, 1.82) is 0 Å². The largest absolute Gasteiger partial charge is 0.236 e. The van der Waals surface area contributed by atoms with Crippen molar-refractivity contribution in [2.45, 2.75) is 0 Å². The van der Waals surface area contributed by atoms with E-state index in [2.05, 4.69) is 26.0 Å². The van der Waals surface area contributed by atoms with Gasteiger partial charge >= 0.3 is 0 Å². The van der Waals surface area contributed by atoms with Crippen molar-refractivity contribution in [2.24, 2.45) is 0 Å². The number of hydrogen-bond acceptors (Lipinski definition) is 2. The lowest BCUT2D eigenvalue weighted by Crippen LogP contribution is -1.96. The number of nitrogens with zero attached hydrogens (tertiary/aromatic N) is 3. The summed E-state index contributed by atoms with van der Waals surface area (Å²) in [7, 11) is 0. The van der Waals surface area contributed by atoms with Gasteiger partial charge in [-0.2, -0.15) is 5.10 Å². The maximum Gasteiger partial charge on any atom is 0.153 e. The highest BCUT2D eigenvalue weighted by Crippen LogP contribution is 2.12. The van der Waals surface area contributed by atoms with Crippen LogP contribution in [0.5, 0.6) is 0 Å². The Bertz CT molecular complexity index is 410. The van der Waals surface area contributed by atoms with Crippen LogP contribution in [-0.4, -0.2) is 14.8 Å². The summed E-state index contributed by atoms with van der Waals surface area (Å²) in [4.78, 5) is 4.16. The Labute approximate surface area is 88.5 Å². The van der Waals surface area contributed by atoms with Gasteiger partial charge in [0.1, 0.15) is 0 Å². The fraction of sp³-hybridized carbons (Fsp3) is 0. The van der Waals surface area contributed by atoms with Crippen LogP contribution in [0.4, 0.5) is 0 Å². The second-order valence-electron chi connectivity index (χ2n) is 2.44. The van der Waals surface area contributed by atoms with Crippen molar-refractivity contribution in [3.63, 3.8) is 0 Å². The SMILES string of the molecule is Clc1cnn(-c2ccc(Br)cn2)c1. The molecular weight excluding hydrogens is 253 g/mol. The van der Waals surface area contributed by atoms with E-state index in [1.807, 2.05) is 12.1 Å². The van der Waals surface area contributed by atoms with E-state index in [1.165, 1.54) is 0 Å². The van der Waals surface area contributed by atoms with Gasteiger partial charge in [-0.25, -0.2) is 9.67 Å². The van der Waals surface area contributed by atoms with Gasteiger partial charge in [-0.1, -0.05) is 11.6 Å². The van der Waals surface area contributed by atoms with E-state index in [0.29, 0.717) is 5.02 Å². The van der Waals surface area contributed by atoms with Gasteiger partial charge in [0.25, 0.3) is 0 Å². The molecule has 0 fully saturated rings. The molecule has 0 radical (unpaired) electrons. The highest BCUT2D eigenvalue weighted by molar-refractivity contribution is 9.10. The van der Waals surface area contributed by atoms with Crippen LogP contribution in [0.25, 0.3) is 5.82 Å². The quantitative estimate of drug-likeness (QED) is 0.787. The van der Waals surface area contributed by atoms with Crippen molar-refractivity contribution in [3.8, 4) is 5.82 Å². The number of pyridine rings is 1. The molecule has 0 spiro atoms. The molecule has 66 valence electrons. The van der Waals surface area contributed by atoms with Gasteiger partial charge in [0.2, 0.25) is 0 Å². The van der Waals surface area contributed by atoms with E-state index in [4.69, 9.17) is 11.6 Å². The lowest BCUT2D eigenvalue weighted by atomic mass is 10.5. The Kier molecular flexibility index (Phi) is 2.33. The van der Waals surface area contributed by atoms with Crippen LogP contribution < -0.4 is 0 Å². The van der Waals surface area contributed by atoms with Gasteiger partial charge in [-0.05, 0) is 28.1 Å². The Morgan fingerprint density at radius 3 is 2.69 bits per heavy atom. The fourth-order valence-electron chi connectivity index (χ4n) is 0.930. The smallest absolute Gasteiger partial charge is 0.153 e. The molecule has 0 atom stereocenters. The first-order chi connectivity index (χ1) is 6.25. The molecule has 2 aromatic rings. The number of aromatic nitrogens is 3. The highest BCUT2D eigenvalue weighted by atomic mass is 79.9. The molecule has 0 bridgehead atoms. The van der Waals surface area contributed by atoms with Crippen LogP contribution in [0, 0.1) is 0 Å². The van der Waals surface area contributed by atoms with E-state index < -0.39 is 0 Å². The van der Waals surface area contributed by atoms with Crippen LogP contribution in [0.2, 0.25) is 5.02 Å². The molecule has 2 aromatic heterocycles. The molecule has 2 heterocycles. The second-order valence-corrected chi connectivity index (χ2v) is 3.79. The first-order valence-electron chi connectivity index (χ1n) is 3.58. The van der Waals surface area contributed by atoms with Gasteiger partial charge in [-0.15, -0.1) is 0 Å². The third-order valence-electron chi connectivity index (χ3n) is 1.50. The minimum Gasteiger partial charge on any atom is -0.236 e. The molecule has 0 aliphatic heterocycles. The molecule has 0 aromatic carbocycles. The third-order valence-corrected chi connectivity index (χ3v) is 2.16. The van der Waals surface area contributed by atoms with Gasteiger partial charge in [-0.3, -0.25) is 0 Å². The average Bonchev–Trinajstić information content (AvgIpc) is 2.53. The first kappa shape index (κ1) is 8.72. The minimum atomic E-state index is 0.602. The van der Waals surface area contributed by atoms with E-state index in [9.17, 15) is 0 Å². The van der Waals surface area contributed by atoms with Crippen LogP contribution in [0.1, 0.15) is 0 Å². The molecule has 13 heavy (non-hydrogen) atoms. The number of rotatable bonds is 1. The maximum absolute atomic E-state index is 5.72. The van der Waals surface area contributed by atoms with Crippen molar-refractivity contribution in [2.75, 3.05) is 0 Å². The Hall–Kier alpha value is -0.870. The summed E-state index contributed by atoms with van der Waals surface area (Å²) in [5, 5.41) is 4.62. The molecule has 0 amide bonds. The number of hydrogen-bond donors (Lipinski definition) is 0. The van der Waals surface area contributed by atoms with Gasteiger partial charge < -0.3 is 0 Å². The van der Waals surface area contributed by atoms with Crippen molar-refractivity contribution in [1.82, 2.24) is 14.8 Å². The van der Waals surface area contributed by atoms with Crippen LogP contribution in [-0.2, 0) is 0 Å². The van der Waals surface area contributed by atoms with Crippen LogP contribution >= 0.6 is 27.5 Å². The highest BCUT2D eigenvalue weighted by Gasteiger charge is 1.99. The van der Waals surface area contributed by atoms with E-state index >= 15 is 0 Å². The minimum absolute atomic E-state index is 0.602. The molecule has 5 heteroatoms. The summed E-state index contributed by atoms with van der Waals surface area (Å²) in [6, 6.07) is 3.76. The molecular formula is C8H5BrClN3. The molecule has 0 N–H and O–H groups in total. The lowest BCUT2D eigenvalue weighted by Gasteiger charge is -1.98. The van der Waals surface area contributed by atoms with Gasteiger partial charge in [0, 0.05) is 10.7 Å². The summed E-state index contributed by atoms with van der Waals surface area (Å²) in [6.45, 7) is 0. The molecule has 0 unspecified atom stereocenters. The third kappa shape index (κ3) is 1.89. The normalized spacial score (nSPS) is 10.3. The molecule has 0 saturated carbocycles. The van der Waals surface area contributed by atoms with Crippen molar-refractivity contribution < 1.29 is 0 Å². The maximum atomic E-state index is 5.72. The topological polar surface area (TPSA) is 30.7 Å². The Morgan fingerprint density at radius 2 is 2.15 bits per heavy atom. The standard InChI is InChI=1S/C8H5BrClN3/c9-6-1-2-8(11-3-6)13-5-7(10)4-12-13/h1-5H. The average molecular weight is 259 g/mol. The van der Waals surface area contributed by atoms with Gasteiger partial charge in [0.15, 0.2) is 5.82 Å². The second kappa shape index (κ2) is 3.47. The molecule has 3 nitrogen and oxygen atoms in total. The summed E-state index contributed by atoms with van der Waals surface area (Å²) in [6.07, 6.45) is 4.99. The molecule has 0 saturated heterocycles. The van der Waals surface area contributed by atoms with Crippen molar-refractivity contribution >= 4 is 27.5 Å². The summed E-state index contributed by atoms with van der Waals surface area (Å²) in [5.41, 5.74) is 0. The zero-order valence-electron chi connectivity index (χ0n) is 6.48. The Morgan fingerprint density at radius 1 is 1.31 bits per heavy atom. The van der Waals surface area contributed by atoms with Gasteiger partial charge in [0.05, 0.1) is 17.4 Å².